The SMILES string of the molecule is CC(C)Oc1ccnc(NCc2cccc(CN)c2)n1. The number of hydrogen-bond acceptors (Lipinski definition) is 5. The van der Waals surface area contributed by atoms with Crippen molar-refractivity contribution < 1.29 is 4.74 Å². The van der Waals surface area contributed by atoms with Crippen LogP contribution in [0.2, 0.25) is 0 Å². The summed E-state index contributed by atoms with van der Waals surface area (Å²) in [5.74, 6) is 1.13. The van der Waals surface area contributed by atoms with Gasteiger partial charge in [0.15, 0.2) is 0 Å². The molecule has 0 aliphatic carbocycles. The van der Waals surface area contributed by atoms with Crippen LogP contribution in [0.4, 0.5) is 5.95 Å². The summed E-state index contributed by atoms with van der Waals surface area (Å²) in [6.07, 6.45) is 1.78. The normalized spacial score (nSPS) is 10.6. The molecule has 20 heavy (non-hydrogen) atoms. The van der Waals surface area contributed by atoms with Crippen LogP contribution in [0.3, 0.4) is 0 Å². The van der Waals surface area contributed by atoms with Gasteiger partial charge >= 0.3 is 0 Å². The molecule has 106 valence electrons. The lowest BCUT2D eigenvalue weighted by atomic mass is 10.1. The molecule has 1 aromatic carbocycles. The molecule has 0 saturated heterocycles. The van der Waals surface area contributed by atoms with E-state index in [1.807, 2.05) is 32.0 Å². The number of anilines is 1. The fourth-order valence-electron chi connectivity index (χ4n) is 1.78. The third-order valence-electron chi connectivity index (χ3n) is 2.66. The first-order valence-corrected chi connectivity index (χ1v) is 6.69. The molecule has 2 rings (SSSR count). The van der Waals surface area contributed by atoms with Crippen molar-refractivity contribution in [2.75, 3.05) is 5.32 Å². The molecule has 2 aromatic rings. The Morgan fingerprint density at radius 2 is 2.05 bits per heavy atom. The van der Waals surface area contributed by atoms with E-state index in [2.05, 4.69) is 21.4 Å². The fraction of sp³-hybridized carbons (Fsp3) is 0.333. The highest BCUT2D eigenvalue weighted by molar-refractivity contribution is 5.31. The lowest BCUT2D eigenvalue weighted by molar-refractivity contribution is 0.232. The van der Waals surface area contributed by atoms with Crippen molar-refractivity contribution in [3.05, 3.63) is 47.7 Å². The number of nitrogens with two attached hydrogens (primary N) is 1. The molecule has 1 aromatic heterocycles. The summed E-state index contributed by atoms with van der Waals surface area (Å²) in [6, 6.07) is 9.87. The van der Waals surface area contributed by atoms with Crippen molar-refractivity contribution in [2.45, 2.75) is 33.0 Å². The summed E-state index contributed by atoms with van der Waals surface area (Å²) < 4.78 is 5.54. The van der Waals surface area contributed by atoms with Gasteiger partial charge in [0.2, 0.25) is 11.8 Å². The maximum Gasteiger partial charge on any atom is 0.226 e. The van der Waals surface area contributed by atoms with Gasteiger partial charge in [0.05, 0.1) is 6.10 Å². The Kier molecular flexibility index (Phi) is 4.90. The summed E-state index contributed by atoms with van der Waals surface area (Å²) in [6.45, 7) is 5.13. The van der Waals surface area contributed by atoms with E-state index in [-0.39, 0.29) is 6.10 Å². The summed E-state index contributed by atoms with van der Waals surface area (Å²) in [5.41, 5.74) is 7.89. The maximum absolute atomic E-state index is 5.63. The van der Waals surface area contributed by atoms with Gasteiger partial charge in [-0.2, -0.15) is 4.98 Å². The number of ether oxygens (including phenoxy) is 1. The Morgan fingerprint density at radius 1 is 1.25 bits per heavy atom. The predicted octanol–water partition coefficient (Wildman–Crippen LogP) is 2.33. The van der Waals surface area contributed by atoms with Gasteiger partial charge < -0.3 is 15.8 Å². The van der Waals surface area contributed by atoms with Crippen LogP contribution in [-0.2, 0) is 13.1 Å². The van der Waals surface area contributed by atoms with Crippen molar-refractivity contribution >= 4 is 5.95 Å². The lowest BCUT2D eigenvalue weighted by Gasteiger charge is -2.10. The molecule has 5 heteroatoms. The molecule has 0 unspecified atom stereocenters. The Bertz CT molecular complexity index is 557. The van der Waals surface area contributed by atoms with Crippen LogP contribution in [0.1, 0.15) is 25.0 Å². The number of rotatable bonds is 6. The molecule has 0 fully saturated rings. The van der Waals surface area contributed by atoms with Gasteiger partial charge in [0.1, 0.15) is 0 Å². The van der Waals surface area contributed by atoms with Crippen LogP contribution in [0.15, 0.2) is 36.5 Å². The Morgan fingerprint density at radius 3 is 2.80 bits per heavy atom. The minimum absolute atomic E-state index is 0.0963. The van der Waals surface area contributed by atoms with Gasteiger partial charge in [-0.1, -0.05) is 24.3 Å². The maximum atomic E-state index is 5.63. The van der Waals surface area contributed by atoms with Gasteiger partial charge in [-0.25, -0.2) is 4.98 Å². The summed E-state index contributed by atoms with van der Waals surface area (Å²) in [4.78, 5) is 8.48. The molecule has 5 nitrogen and oxygen atoms in total. The highest BCUT2D eigenvalue weighted by Gasteiger charge is 2.02. The minimum Gasteiger partial charge on any atom is -0.475 e. The van der Waals surface area contributed by atoms with Crippen molar-refractivity contribution in [3.8, 4) is 5.88 Å². The first-order valence-electron chi connectivity index (χ1n) is 6.69. The first-order chi connectivity index (χ1) is 9.67. The van der Waals surface area contributed by atoms with Crippen molar-refractivity contribution in [1.29, 1.82) is 0 Å². The molecule has 0 atom stereocenters. The van der Waals surface area contributed by atoms with E-state index in [4.69, 9.17) is 10.5 Å². The number of aromatic nitrogens is 2. The number of nitrogens with one attached hydrogen (secondary N) is 1. The van der Waals surface area contributed by atoms with Crippen LogP contribution < -0.4 is 15.8 Å². The van der Waals surface area contributed by atoms with Gasteiger partial charge in [-0.3, -0.25) is 0 Å². The van der Waals surface area contributed by atoms with E-state index in [1.54, 1.807) is 12.3 Å². The molecule has 0 bridgehead atoms. The third-order valence-corrected chi connectivity index (χ3v) is 2.66. The van der Waals surface area contributed by atoms with Crippen molar-refractivity contribution in [3.63, 3.8) is 0 Å². The Labute approximate surface area is 119 Å². The average Bonchev–Trinajstić information content (AvgIpc) is 2.45. The molecule has 0 amide bonds. The summed E-state index contributed by atoms with van der Waals surface area (Å²) in [5, 5.41) is 3.18. The highest BCUT2D eigenvalue weighted by Crippen LogP contribution is 2.12. The van der Waals surface area contributed by atoms with Crippen LogP contribution in [0.5, 0.6) is 5.88 Å². The lowest BCUT2D eigenvalue weighted by Crippen LogP contribution is -2.09. The van der Waals surface area contributed by atoms with E-state index in [9.17, 15) is 0 Å². The second kappa shape index (κ2) is 6.86. The third kappa shape index (κ3) is 4.20. The quantitative estimate of drug-likeness (QED) is 0.844. The monoisotopic (exact) mass is 272 g/mol. The number of nitrogens with zero attached hydrogens (tertiary/aromatic N) is 2. The largest absolute Gasteiger partial charge is 0.475 e. The predicted molar refractivity (Wildman–Crippen MR) is 79.5 cm³/mol. The molecule has 0 radical (unpaired) electrons. The minimum atomic E-state index is 0.0963. The molecule has 0 saturated carbocycles. The molecule has 0 spiro atoms. The van der Waals surface area contributed by atoms with Crippen molar-refractivity contribution in [1.82, 2.24) is 9.97 Å². The molecule has 3 N–H and O–H groups in total. The van der Waals surface area contributed by atoms with Gasteiger partial charge in [0, 0.05) is 25.4 Å². The van der Waals surface area contributed by atoms with Gasteiger partial charge in [-0.05, 0) is 25.0 Å². The van der Waals surface area contributed by atoms with Crippen LogP contribution in [-0.4, -0.2) is 16.1 Å². The molecular weight excluding hydrogens is 252 g/mol. The second-order valence-electron chi connectivity index (χ2n) is 4.76. The highest BCUT2D eigenvalue weighted by atomic mass is 16.5. The molecule has 0 aliphatic heterocycles. The zero-order valence-electron chi connectivity index (χ0n) is 11.8. The van der Waals surface area contributed by atoms with Crippen molar-refractivity contribution in [2.24, 2.45) is 5.73 Å². The van der Waals surface area contributed by atoms with E-state index in [0.29, 0.717) is 24.9 Å². The van der Waals surface area contributed by atoms with Gasteiger partial charge in [0.25, 0.3) is 0 Å². The van der Waals surface area contributed by atoms with Crippen LogP contribution in [0, 0.1) is 0 Å². The Hall–Kier alpha value is -2.14. The number of hydrogen-bond donors (Lipinski definition) is 2. The Balaban J connectivity index is 1.99. The van der Waals surface area contributed by atoms with Crippen LogP contribution in [0.25, 0.3) is 0 Å². The topological polar surface area (TPSA) is 73.1 Å². The van der Waals surface area contributed by atoms with E-state index in [1.165, 1.54) is 0 Å². The summed E-state index contributed by atoms with van der Waals surface area (Å²) >= 11 is 0. The van der Waals surface area contributed by atoms with Crippen LogP contribution >= 0.6 is 0 Å². The average molecular weight is 272 g/mol. The molecular formula is C15H20N4O. The zero-order valence-corrected chi connectivity index (χ0v) is 11.8. The van der Waals surface area contributed by atoms with E-state index < -0.39 is 0 Å². The van der Waals surface area contributed by atoms with Gasteiger partial charge in [-0.15, -0.1) is 0 Å². The number of benzene rings is 1. The fourth-order valence-corrected chi connectivity index (χ4v) is 1.78. The smallest absolute Gasteiger partial charge is 0.226 e. The second-order valence-corrected chi connectivity index (χ2v) is 4.76. The summed E-state index contributed by atoms with van der Waals surface area (Å²) in [7, 11) is 0. The molecule has 1 heterocycles. The molecule has 0 aliphatic rings. The van der Waals surface area contributed by atoms with E-state index in [0.717, 1.165) is 11.1 Å². The first kappa shape index (κ1) is 14.3. The standard InChI is InChI=1S/C15H20N4O/c1-11(2)20-14-6-7-17-15(19-14)18-10-13-5-3-4-12(8-13)9-16/h3-8,11H,9-10,16H2,1-2H3,(H,17,18,19). The zero-order chi connectivity index (χ0) is 14.4. The van der Waals surface area contributed by atoms with E-state index >= 15 is 0 Å².